The van der Waals surface area contributed by atoms with E-state index in [-0.39, 0.29) is 5.91 Å². The third-order valence-electron chi connectivity index (χ3n) is 4.52. The number of rotatable bonds is 8. The third-order valence-corrected chi connectivity index (χ3v) is 4.52. The summed E-state index contributed by atoms with van der Waals surface area (Å²) in [5.41, 5.74) is 3.82. The number of imidazole rings is 1. The Hall–Kier alpha value is -3.35. The van der Waals surface area contributed by atoms with Gasteiger partial charge in [0.25, 0.3) is 5.91 Å². The Kier molecular flexibility index (Phi) is 7.22. The molecule has 1 heterocycles. The normalized spacial score (nSPS) is 11.4. The van der Waals surface area contributed by atoms with Crippen LogP contribution in [-0.4, -0.2) is 48.5 Å². The van der Waals surface area contributed by atoms with Gasteiger partial charge in [0, 0.05) is 38.7 Å². The summed E-state index contributed by atoms with van der Waals surface area (Å²) in [4.78, 5) is 24.3. The molecule has 0 unspecified atom stereocenters. The molecule has 152 valence electrons. The number of amides is 1. The van der Waals surface area contributed by atoms with Crippen molar-refractivity contribution in [3.05, 3.63) is 65.5 Å². The Morgan fingerprint density at radius 1 is 1.10 bits per heavy atom. The largest absolute Gasteiger partial charge is 0.357 e. The lowest BCUT2D eigenvalue weighted by molar-refractivity contribution is 0.0963. The predicted octanol–water partition coefficient (Wildman–Crippen LogP) is 2.26. The molecule has 0 saturated carbocycles. The zero-order chi connectivity index (χ0) is 20.5. The highest BCUT2D eigenvalue weighted by Crippen LogP contribution is 2.10. The summed E-state index contributed by atoms with van der Waals surface area (Å²) in [5.74, 6) is 1.66. The van der Waals surface area contributed by atoms with Crippen LogP contribution in [-0.2, 0) is 12.8 Å². The number of hydrogen-bond donors (Lipinski definition) is 4. The summed E-state index contributed by atoms with van der Waals surface area (Å²) < 4.78 is 0. The molecule has 0 aliphatic heterocycles. The van der Waals surface area contributed by atoms with Gasteiger partial charge in [-0.25, -0.2) is 4.98 Å². The number of hydrogen-bond acceptors (Lipinski definition) is 3. The van der Waals surface area contributed by atoms with Crippen LogP contribution in [0.25, 0.3) is 11.0 Å². The van der Waals surface area contributed by atoms with Crippen molar-refractivity contribution in [1.82, 2.24) is 25.9 Å². The zero-order valence-electron chi connectivity index (χ0n) is 17.0. The van der Waals surface area contributed by atoms with Gasteiger partial charge in [0.1, 0.15) is 5.82 Å². The molecule has 0 aliphatic rings. The number of carbonyl (C=O) groups is 1. The summed E-state index contributed by atoms with van der Waals surface area (Å²) >= 11 is 0. The first-order chi connectivity index (χ1) is 14.2. The maximum Gasteiger partial charge on any atom is 0.251 e. The van der Waals surface area contributed by atoms with Gasteiger partial charge in [0.05, 0.1) is 11.0 Å². The van der Waals surface area contributed by atoms with Gasteiger partial charge in [0.15, 0.2) is 5.96 Å². The van der Waals surface area contributed by atoms with Crippen LogP contribution in [0.4, 0.5) is 0 Å². The smallest absolute Gasteiger partial charge is 0.251 e. The van der Waals surface area contributed by atoms with E-state index in [4.69, 9.17) is 0 Å². The molecule has 3 rings (SSSR count). The number of aliphatic imine (C=N–C) groups is 1. The number of carbonyl (C=O) groups excluding carboxylic acids is 1. The van der Waals surface area contributed by atoms with Gasteiger partial charge in [-0.3, -0.25) is 9.79 Å². The fraction of sp³-hybridized carbons (Fsp3) is 0.318. The minimum absolute atomic E-state index is 0.0692. The number of H-pyrrole nitrogens is 1. The number of benzene rings is 2. The van der Waals surface area contributed by atoms with E-state index in [2.05, 4.69) is 30.9 Å². The van der Waals surface area contributed by atoms with Crippen molar-refractivity contribution >= 4 is 22.9 Å². The zero-order valence-corrected chi connectivity index (χ0v) is 17.0. The molecule has 0 saturated heterocycles. The van der Waals surface area contributed by atoms with E-state index in [1.54, 1.807) is 7.05 Å². The first-order valence-electron chi connectivity index (χ1n) is 9.96. The van der Waals surface area contributed by atoms with Crippen molar-refractivity contribution in [3.8, 4) is 0 Å². The van der Waals surface area contributed by atoms with E-state index in [9.17, 15) is 4.79 Å². The lowest BCUT2D eigenvalue weighted by atomic mass is 10.1. The highest BCUT2D eigenvalue weighted by Gasteiger charge is 2.05. The summed E-state index contributed by atoms with van der Waals surface area (Å²) in [7, 11) is 1.64. The molecule has 7 heteroatoms. The summed E-state index contributed by atoms with van der Waals surface area (Å²) in [5, 5.41) is 9.27. The van der Waals surface area contributed by atoms with Crippen LogP contribution in [0.5, 0.6) is 0 Å². The molecule has 0 bridgehead atoms. The maximum atomic E-state index is 11.8. The maximum absolute atomic E-state index is 11.8. The van der Waals surface area contributed by atoms with Crippen molar-refractivity contribution in [2.24, 2.45) is 4.99 Å². The number of fused-ring (bicyclic) bond motifs is 1. The molecule has 0 radical (unpaired) electrons. The molecule has 0 fully saturated rings. The second-order valence-electron chi connectivity index (χ2n) is 6.67. The molecule has 2 aromatic carbocycles. The molecule has 7 nitrogen and oxygen atoms in total. The second kappa shape index (κ2) is 10.3. The number of nitrogens with one attached hydrogen (secondary N) is 4. The summed E-state index contributed by atoms with van der Waals surface area (Å²) in [6.45, 7) is 4.21. The molecular weight excluding hydrogens is 364 g/mol. The van der Waals surface area contributed by atoms with Crippen LogP contribution in [0, 0.1) is 0 Å². The highest BCUT2D eigenvalue weighted by molar-refractivity contribution is 5.94. The van der Waals surface area contributed by atoms with Gasteiger partial charge >= 0.3 is 0 Å². The topological polar surface area (TPSA) is 94.2 Å². The Morgan fingerprint density at radius 3 is 2.76 bits per heavy atom. The summed E-state index contributed by atoms with van der Waals surface area (Å²) in [6, 6.07) is 15.7. The minimum atomic E-state index is -0.0692. The SMILES string of the molecule is CCNC(=NCCc1nc2ccccc2[nH]1)NCCc1cccc(C(=O)NC)c1. The first kappa shape index (κ1) is 20.4. The van der Waals surface area contributed by atoms with Crippen LogP contribution in [0.3, 0.4) is 0 Å². The average molecular weight is 393 g/mol. The van der Waals surface area contributed by atoms with Gasteiger partial charge in [0.2, 0.25) is 0 Å². The predicted molar refractivity (Wildman–Crippen MR) is 117 cm³/mol. The minimum Gasteiger partial charge on any atom is -0.357 e. The molecule has 1 amide bonds. The van der Waals surface area contributed by atoms with Gasteiger partial charge in [-0.1, -0.05) is 24.3 Å². The molecule has 0 aliphatic carbocycles. The molecule has 29 heavy (non-hydrogen) atoms. The van der Waals surface area contributed by atoms with E-state index < -0.39 is 0 Å². The number of guanidine groups is 1. The third kappa shape index (κ3) is 5.81. The Balaban J connectivity index is 1.52. The van der Waals surface area contributed by atoms with Crippen LogP contribution in [0.1, 0.15) is 28.7 Å². The van der Waals surface area contributed by atoms with E-state index in [1.165, 1.54) is 0 Å². The fourth-order valence-electron chi connectivity index (χ4n) is 3.08. The summed E-state index contributed by atoms with van der Waals surface area (Å²) in [6.07, 6.45) is 1.55. The number of aromatic nitrogens is 2. The van der Waals surface area contributed by atoms with Crippen LogP contribution in [0.15, 0.2) is 53.5 Å². The molecule has 0 spiro atoms. The Labute approximate surface area is 171 Å². The van der Waals surface area contributed by atoms with Crippen LogP contribution < -0.4 is 16.0 Å². The lowest BCUT2D eigenvalue weighted by Gasteiger charge is -2.11. The van der Waals surface area contributed by atoms with E-state index >= 15 is 0 Å². The first-order valence-corrected chi connectivity index (χ1v) is 9.96. The van der Waals surface area contributed by atoms with Crippen molar-refractivity contribution < 1.29 is 4.79 Å². The molecule has 4 N–H and O–H groups in total. The Morgan fingerprint density at radius 2 is 1.97 bits per heavy atom. The van der Waals surface area contributed by atoms with Gasteiger partial charge in [-0.05, 0) is 43.2 Å². The number of para-hydroxylation sites is 2. The standard InChI is InChI=1S/C22H28N6O/c1-3-24-22(25-13-11-16-7-6-8-17(15-16)21(29)23-2)26-14-12-20-27-18-9-4-5-10-19(18)28-20/h4-10,15H,3,11-14H2,1-2H3,(H,23,29)(H,27,28)(H2,24,25,26). The van der Waals surface area contributed by atoms with Crippen LogP contribution in [0.2, 0.25) is 0 Å². The molecular formula is C22H28N6O. The van der Waals surface area contributed by atoms with Gasteiger partial charge < -0.3 is 20.9 Å². The molecule has 3 aromatic rings. The van der Waals surface area contributed by atoms with Crippen molar-refractivity contribution in [2.75, 3.05) is 26.7 Å². The van der Waals surface area contributed by atoms with Crippen molar-refractivity contribution in [1.29, 1.82) is 0 Å². The number of nitrogens with zero attached hydrogens (tertiary/aromatic N) is 2. The Bertz CT molecular complexity index is 945. The van der Waals surface area contributed by atoms with E-state index in [0.29, 0.717) is 12.1 Å². The van der Waals surface area contributed by atoms with Crippen LogP contribution >= 0.6 is 0 Å². The van der Waals surface area contributed by atoms with E-state index in [1.807, 2.05) is 55.5 Å². The highest BCUT2D eigenvalue weighted by atomic mass is 16.1. The van der Waals surface area contributed by atoms with Crippen molar-refractivity contribution in [3.63, 3.8) is 0 Å². The van der Waals surface area contributed by atoms with Gasteiger partial charge in [-0.15, -0.1) is 0 Å². The fourth-order valence-corrected chi connectivity index (χ4v) is 3.08. The average Bonchev–Trinajstić information content (AvgIpc) is 3.16. The molecule has 0 atom stereocenters. The second-order valence-corrected chi connectivity index (χ2v) is 6.67. The quantitative estimate of drug-likeness (QED) is 0.349. The monoisotopic (exact) mass is 392 g/mol. The van der Waals surface area contributed by atoms with Crippen molar-refractivity contribution in [2.45, 2.75) is 19.8 Å². The van der Waals surface area contributed by atoms with Gasteiger partial charge in [-0.2, -0.15) is 0 Å². The lowest BCUT2D eigenvalue weighted by Crippen LogP contribution is -2.38. The molecule has 1 aromatic heterocycles. The van der Waals surface area contributed by atoms with E-state index in [0.717, 1.165) is 54.3 Å². The number of aromatic amines is 1.